The molecule has 0 spiro atoms. The van der Waals surface area contributed by atoms with E-state index in [0.29, 0.717) is 22.6 Å². The Balaban J connectivity index is 1.93. The number of carbonyl (C=O) groups excluding carboxylic acids is 2. The Bertz CT molecular complexity index is 1050. The Kier molecular flexibility index (Phi) is 14.2. The first-order chi connectivity index (χ1) is 18.3. The van der Waals surface area contributed by atoms with E-state index >= 15 is 0 Å². The quantitative estimate of drug-likeness (QED) is 0.0853. The summed E-state index contributed by atoms with van der Waals surface area (Å²) in [5.41, 5.74) is 3.77. The van der Waals surface area contributed by atoms with Gasteiger partial charge in [0.1, 0.15) is 11.5 Å². The Labute approximate surface area is 230 Å². The third kappa shape index (κ3) is 11.5. The van der Waals surface area contributed by atoms with E-state index in [1.807, 2.05) is 24.3 Å². The zero-order valence-corrected chi connectivity index (χ0v) is 23.8. The second-order valence-corrected chi connectivity index (χ2v) is 10.3. The normalized spacial score (nSPS) is 10.7. The van der Waals surface area contributed by atoms with Crippen LogP contribution in [0.4, 0.5) is 0 Å². The SMILES string of the molecule is C=C(C)C(=O)Oc1ccc(-c2ccc(OC(=O)C(=C)C)c(CCCCCCCCCCCCCC)c2)cc1. The van der Waals surface area contributed by atoms with Gasteiger partial charge in [0.2, 0.25) is 0 Å². The van der Waals surface area contributed by atoms with E-state index in [4.69, 9.17) is 9.47 Å². The predicted molar refractivity (Wildman–Crippen MR) is 158 cm³/mol. The van der Waals surface area contributed by atoms with Crippen LogP contribution in [0.5, 0.6) is 11.5 Å². The van der Waals surface area contributed by atoms with Crippen LogP contribution in [0.15, 0.2) is 66.8 Å². The summed E-state index contributed by atoms with van der Waals surface area (Å²) in [4.78, 5) is 24.0. The molecule has 0 aliphatic carbocycles. The van der Waals surface area contributed by atoms with Crippen LogP contribution in [-0.2, 0) is 16.0 Å². The maximum absolute atomic E-state index is 12.2. The van der Waals surface area contributed by atoms with Crippen LogP contribution in [0, 0.1) is 0 Å². The number of unbranched alkanes of at least 4 members (excludes halogenated alkanes) is 11. The molecule has 2 aromatic carbocycles. The number of hydrogen-bond donors (Lipinski definition) is 0. The fourth-order valence-electron chi connectivity index (χ4n) is 4.31. The third-order valence-corrected chi connectivity index (χ3v) is 6.66. The average Bonchev–Trinajstić information content (AvgIpc) is 2.90. The smallest absolute Gasteiger partial charge is 0.338 e. The van der Waals surface area contributed by atoms with Crippen molar-refractivity contribution in [3.05, 3.63) is 72.3 Å². The van der Waals surface area contributed by atoms with Gasteiger partial charge in [-0.2, -0.15) is 0 Å². The van der Waals surface area contributed by atoms with Gasteiger partial charge in [-0.1, -0.05) is 109 Å². The molecule has 0 N–H and O–H groups in total. The molecule has 0 unspecified atom stereocenters. The van der Waals surface area contributed by atoms with Gasteiger partial charge < -0.3 is 9.47 Å². The highest BCUT2D eigenvalue weighted by atomic mass is 16.5. The molecule has 206 valence electrons. The van der Waals surface area contributed by atoms with Crippen molar-refractivity contribution in [2.45, 2.75) is 104 Å². The van der Waals surface area contributed by atoms with Crippen LogP contribution < -0.4 is 9.47 Å². The van der Waals surface area contributed by atoms with E-state index in [2.05, 4.69) is 26.1 Å². The van der Waals surface area contributed by atoms with Crippen LogP contribution in [0.3, 0.4) is 0 Å². The zero-order chi connectivity index (χ0) is 27.8. The van der Waals surface area contributed by atoms with Crippen molar-refractivity contribution in [1.29, 1.82) is 0 Å². The predicted octanol–water partition coefficient (Wildman–Crippen LogP) is 9.56. The van der Waals surface area contributed by atoms with Gasteiger partial charge in [0.25, 0.3) is 0 Å². The minimum absolute atomic E-state index is 0.358. The first-order valence-electron chi connectivity index (χ1n) is 14.3. The minimum Gasteiger partial charge on any atom is -0.423 e. The maximum Gasteiger partial charge on any atom is 0.338 e. The van der Waals surface area contributed by atoms with Crippen LogP contribution >= 0.6 is 0 Å². The second-order valence-electron chi connectivity index (χ2n) is 10.3. The molecule has 0 saturated carbocycles. The fourth-order valence-corrected chi connectivity index (χ4v) is 4.31. The Morgan fingerprint density at radius 2 is 1.11 bits per heavy atom. The van der Waals surface area contributed by atoms with Crippen molar-refractivity contribution < 1.29 is 19.1 Å². The summed E-state index contributed by atoms with van der Waals surface area (Å²) >= 11 is 0. The summed E-state index contributed by atoms with van der Waals surface area (Å²) in [7, 11) is 0. The van der Waals surface area contributed by atoms with Crippen molar-refractivity contribution >= 4 is 11.9 Å². The van der Waals surface area contributed by atoms with Crippen molar-refractivity contribution in [3.8, 4) is 22.6 Å². The molecule has 0 fully saturated rings. The number of rotatable bonds is 18. The monoisotopic (exact) mass is 518 g/mol. The largest absolute Gasteiger partial charge is 0.423 e. The van der Waals surface area contributed by atoms with Gasteiger partial charge in [0, 0.05) is 11.1 Å². The number of esters is 2. The standard InChI is InChI=1S/C34H46O4/c1-6-7-8-9-10-11-12-13-14-15-16-17-18-30-25-29(21-24-32(30)38-34(36)27(4)5)28-19-22-31(23-20-28)37-33(35)26(2)3/h19-25H,2,4,6-18H2,1,3,5H3. The van der Waals surface area contributed by atoms with Gasteiger partial charge in [-0.05, 0) is 67.6 Å². The summed E-state index contributed by atoms with van der Waals surface area (Å²) in [5.74, 6) is 0.228. The topological polar surface area (TPSA) is 52.6 Å². The molecular formula is C34H46O4. The molecular weight excluding hydrogens is 472 g/mol. The molecule has 0 atom stereocenters. The molecule has 0 radical (unpaired) electrons. The molecule has 4 heteroatoms. The van der Waals surface area contributed by atoms with E-state index < -0.39 is 11.9 Å². The molecule has 2 aromatic rings. The first kappa shape index (κ1) is 31.1. The lowest BCUT2D eigenvalue weighted by Gasteiger charge is -2.13. The van der Waals surface area contributed by atoms with Crippen LogP contribution in [-0.4, -0.2) is 11.9 Å². The Morgan fingerprint density at radius 1 is 0.632 bits per heavy atom. The summed E-state index contributed by atoms with van der Waals surface area (Å²) in [6.07, 6.45) is 16.5. The molecule has 0 heterocycles. The second kappa shape index (κ2) is 17.4. The molecule has 2 rings (SSSR count). The van der Waals surface area contributed by atoms with E-state index in [-0.39, 0.29) is 0 Å². The summed E-state index contributed by atoms with van der Waals surface area (Å²) in [6.45, 7) is 12.9. The summed E-state index contributed by atoms with van der Waals surface area (Å²) in [6, 6.07) is 13.3. The zero-order valence-electron chi connectivity index (χ0n) is 23.8. The lowest BCUT2D eigenvalue weighted by Crippen LogP contribution is -2.10. The molecule has 0 aliphatic rings. The molecule has 0 saturated heterocycles. The van der Waals surface area contributed by atoms with Crippen molar-refractivity contribution in [2.24, 2.45) is 0 Å². The van der Waals surface area contributed by atoms with Gasteiger partial charge in [0.05, 0.1) is 0 Å². The number of carbonyl (C=O) groups is 2. The summed E-state index contributed by atoms with van der Waals surface area (Å²) < 4.78 is 10.9. The molecule has 0 bridgehead atoms. The number of aryl methyl sites for hydroxylation is 1. The molecule has 0 aromatic heterocycles. The Hall–Kier alpha value is -3.14. The van der Waals surface area contributed by atoms with E-state index in [9.17, 15) is 9.59 Å². The fraction of sp³-hybridized carbons (Fsp3) is 0.471. The summed E-state index contributed by atoms with van der Waals surface area (Å²) in [5, 5.41) is 0. The molecule has 0 amide bonds. The van der Waals surface area contributed by atoms with Crippen LogP contribution in [0.1, 0.15) is 103 Å². The van der Waals surface area contributed by atoms with Gasteiger partial charge in [0.15, 0.2) is 0 Å². The highest BCUT2D eigenvalue weighted by Gasteiger charge is 2.12. The van der Waals surface area contributed by atoms with Crippen molar-refractivity contribution in [1.82, 2.24) is 0 Å². The highest BCUT2D eigenvalue weighted by molar-refractivity contribution is 5.89. The van der Waals surface area contributed by atoms with E-state index in [0.717, 1.165) is 36.0 Å². The van der Waals surface area contributed by atoms with Gasteiger partial charge >= 0.3 is 11.9 Å². The average molecular weight is 519 g/mol. The van der Waals surface area contributed by atoms with E-state index in [1.165, 1.54) is 64.2 Å². The van der Waals surface area contributed by atoms with Crippen LogP contribution in [0.2, 0.25) is 0 Å². The van der Waals surface area contributed by atoms with Crippen molar-refractivity contribution in [2.75, 3.05) is 0 Å². The van der Waals surface area contributed by atoms with Crippen LogP contribution in [0.25, 0.3) is 11.1 Å². The van der Waals surface area contributed by atoms with Crippen molar-refractivity contribution in [3.63, 3.8) is 0 Å². The third-order valence-electron chi connectivity index (χ3n) is 6.66. The first-order valence-corrected chi connectivity index (χ1v) is 14.3. The lowest BCUT2D eigenvalue weighted by atomic mass is 9.98. The van der Waals surface area contributed by atoms with Gasteiger partial charge in [-0.15, -0.1) is 0 Å². The van der Waals surface area contributed by atoms with Gasteiger partial charge in [-0.25, -0.2) is 9.59 Å². The molecule has 4 nitrogen and oxygen atoms in total. The lowest BCUT2D eigenvalue weighted by molar-refractivity contribution is -0.131. The van der Waals surface area contributed by atoms with Gasteiger partial charge in [-0.3, -0.25) is 0 Å². The number of ether oxygens (including phenoxy) is 2. The number of hydrogen-bond acceptors (Lipinski definition) is 4. The molecule has 0 aliphatic heterocycles. The highest BCUT2D eigenvalue weighted by Crippen LogP contribution is 2.30. The number of benzene rings is 2. The Morgan fingerprint density at radius 3 is 1.63 bits per heavy atom. The van der Waals surface area contributed by atoms with E-state index in [1.54, 1.807) is 26.0 Å². The minimum atomic E-state index is -0.439. The molecule has 38 heavy (non-hydrogen) atoms. The maximum atomic E-state index is 12.2.